The van der Waals surface area contributed by atoms with E-state index in [0.29, 0.717) is 18.0 Å². The van der Waals surface area contributed by atoms with E-state index in [4.69, 9.17) is 4.74 Å². The van der Waals surface area contributed by atoms with Gasteiger partial charge in [-0.15, -0.1) is 11.3 Å². The van der Waals surface area contributed by atoms with Crippen molar-refractivity contribution in [2.24, 2.45) is 11.3 Å². The number of aromatic nitrogens is 1. The molecule has 5 nitrogen and oxygen atoms in total. The molecule has 1 aromatic heterocycles. The lowest BCUT2D eigenvalue weighted by molar-refractivity contribution is 0.0904. The Morgan fingerprint density at radius 1 is 1.42 bits per heavy atom. The first-order chi connectivity index (χ1) is 11.8. The minimum Gasteiger partial charge on any atom is -0.380 e. The first-order valence-electron chi connectivity index (χ1n) is 8.27. The molecule has 4 rings (SSSR count). The zero-order chi connectivity index (χ0) is 16.4. The summed E-state index contributed by atoms with van der Waals surface area (Å²) in [4.78, 5) is 19.2. The Morgan fingerprint density at radius 2 is 2.29 bits per heavy atom. The van der Waals surface area contributed by atoms with E-state index in [9.17, 15) is 4.79 Å². The molecule has 1 amide bonds. The molecule has 0 unspecified atom stereocenters. The van der Waals surface area contributed by atoms with Crippen molar-refractivity contribution in [1.82, 2.24) is 15.2 Å². The summed E-state index contributed by atoms with van der Waals surface area (Å²) in [6.45, 7) is 5.03. The summed E-state index contributed by atoms with van der Waals surface area (Å²) in [5.74, 6) is 0.475. The fraction of sp³-hybridized carbons (Fsp3) is 0.444. The summed E-state index contributed by atoms with van der Waals surface area (Å²) in [6, 6.07) is 9.39. The molecule has 2 aliphatic heterocycles. The first kappa shape index (κ1) is 15.7. The van der Waals surface area contributed by atoms with E-state index in [2.05, 4.69) is 15.2 Å². The van der Waals surface area contributed by atoms with Gasteiger partial charge in [0.25, 0.3) is 5.91 Å². The molecular formula is C18H21N3O2S. The van der Waals surface area contributed by atoms with Gasteiger partial charge in [-0.05, 0) is 12.1 Å². The van der Waals surface area contributed by atoms with Crippen LogP contribution in [0.2, 0.25) is 0 Å². The molecular weight excluding hydrogens is 322 g/mol. The zero-order valence-electron chi connectivity index (χ0n) is 13.5. The number of carbonyl (C=O) groups excluding carboxylic acids is 1. The Balaban J connectivity index is 1.40. The van der Waals surface area contributed by atoms with Crippen LogP contribution < -0.4 is 5.32 Å². The minimum absolute atomic E-state index is 0.00556. The van der Waals surface area contributed by atoms with Crippen molar-refractivity contribution < 1.29 is 9.53 Å². The van der Waals surface area contributed by atoms with E-state index in [0.717, 1.165) is 37.9 Å². The smallest absolute Gasteiger partial charge is 0.251 e. The Kier molecular flexibility index (Phi) is 4.35. The fourth-order valence-corrected chi connectivity index (χ4v) is 4.44. The molecule has 0 radical (unpaired) electrons. The van der Waals surface area contributed by atoms with Crippen LogP contribution in [-0.4, -0.2) is 48.6 Å². The van der Waals surface area contributed by atoms with Crippen molar-refractivity contribution in [3.05, 3.63) is 52.5 Å². The maximum atomic E-state index is 12.4. The average Bonchev–Trinajstić information content (AvgIpc) is 3.30. The van der Waals surface area contributed by atoms with Gasteiger partial charge in [0.2, 0.25) is 0 Å². The molecule has 0 saturated carbocycles. The quantitative estimate of drug-likeness (QED) is 0.902. The Morgan fingerprint density at radius 3 is 3.08 bits per heavy atom. The molecule has 6 heteroatoms. The van der Waals surface area contributed by atoms with E-state index in [-0.39, 0.29) is 11.3 Å². The van der Waals surface area contributed by atoms with Gasteiger partial charge in [0.05, 0.1) is 19.8 Å². The summed E-state index contributed by atoms with van der Waals surface area (Å²) in [5.41, 5.74) is 0.740. The fourth-order valence-electron chi connectivity index (χ4n) is 3.78. The normalized spacial score (nSPS) is 26.4. The summed E-state index contributed by atoms with van der Waals surface area (Å²) in [7, 11) is 0. The number of ether oxygens (including phenoxy) is 1. The van der Waals surface area contributed by atoms with Crippen LogP contribution in [-0.2, 0) is 11.3 Å². The predicted octanol–water partition coefficient (Wildman–Crippen LogP) is 2.02. The lowest BCUT2D eigenvalue weighted by Crippen LogP contribution is -2.43. The molecule has 2 aromatic rings. The van der Waals surface area contributed by atoms with Crippen molar-refractivity contribution in [2.45, 2.75) is 6.54 Å². The van der Waals surface area contributed by atoms with Crippen LogP contribution in [0.3, 0.4) is 0 Å². The lowest BCUT2D eigenvalue weighted by Gasteiger charge is -2.27. The number of hydrogen-bond donors (Lipinski definition) is 1. The van der Waals surface area contributed by atoms with Gasteiger partial charge in [-0.1, -0.05) is 18.2 Å². The standard InChI is InChI=1S/C18H21N3O2S/c22-17(14-4-2-1-3-5-14)20-11-18-12-21(8-15(18)10-23-13-18)9-16-19-6-7-24-16/h1-7,15H,8-13H2,(H,20,22)/t15-,18+/m0/s1. The highest BCUT2D eigenvalue weighted by Gasteiger charge is 2.50. The highest BCUT2D eigenvalue weighted by Crippen LogP contribution is 2.41. The SMILES string of the molecule is O=C(NC[C@@]12COC[C@@H]1CN(Cc1nccs1)C2)c1ccccc1. The van der Waals surface area contributed by atoms with E-state index >= 15 is 0 Å². The number of thiazole rings is 1. The molecule has 0 bridgehead atoms. The summed E-state index contributed by atoms with van der Waals surface area (Å²) in [5, 5.41) is 6.30. The van der Waals surface area contributed by atoms with Crippen LogP contribution in [0, 0.1) is 11.3 Å². The summed E-state index contributed by atoms with van der Waals surface area (Å²) < 4.78 is 5.75. The number of nitrogens with zero attached hydrogens (tertiary/aromatic N) is 2. The minimum atomic E-state index is -0.00556. The number of amides is 1. The molecule has 2 atom stereocenters. The van der Waals surface area contributed by atoms with Crippen LogP contribution in [0.15, 0.2) is 41.9 Å². The lowest BCUT2D eigenvalue weighted by atomic mass is 9.81. The molecule has 2 fully saturated rings. The van der Waals surface area contributed by atoms with Gasteiger partial charge in [0.15, 0.2) is 0 Å². The van der Waals surface area contributed by atoms with Crippen LogP contribution in [0.5, 0.6) is 0 Å². The molecule has 0 spiro atoms. The van der Waals surface area contributed by atoms with Gasteiger partial charge in [0.1, 0.15) is 5.01 Å². The molecule has 1 N–H and O–H groups in total. The van der Waals surface area contributed by atoms with E-state index in [1.807, 2.05) is 41.9 Å². The maximum Gasteiger partial charge on any atom is 0.251 e. The van der Waals surface area contributed by atoms with E-state index in [1.165, 1.54) is 0 Å². The van der Waals surface area contributed by atoms with Crippen LogP contribution >= 0.6 is 11.3 Å². The Labute approximate surface area is 145 Å². The molecule has 3 heterocycles. The largest absolute Gasteiger partial charge is 0.380 e. The van der Waals surface area contributed by atoms with Gasteiger partial charge in [0, 0.05) is 48.1 Å². The van der Waals surface area contributed by atoms with Crippen molar-refractivity contribution in [1.29, 1.82) is 0 Å². The molecule has 2 saturated heterocycles. The molecule has 2 aliphatic rings. The van der Waals surface area contributed by atoms with Crippen molar-refractivity contribution in [3.63, 3.8) is 0 Å². The van der Waals surface area contributed by atoms with Gasteiger partial charge in [-0.3, -0.25) is 9.69 Å². The number of likely N-dealkylation sites (tertiary alicyclic amines) is 1. The van der Waals surface area contributed by atoms with Gasteiger partial charge in [-0.2, -0.15) is 0 Å². The van der Waals surface area contributed by atoms with Gasteiger partial charge >= 0.3 is 0 Å². The Bertz CT molecular complexity index is 692. The van der Waals surface area contributed by atoms with Gasteiger partial charge < -0.3 is 10.1 Å². The molecule has 1 aromatic carbocycles. The van der Waals surface area contributed by atoms with E-state index in [1.54, 1.807) is 11.3 Å². The number of rotatable bonds is 5. The molecule has 126 valence electrons. The third-order valence-electron chi connectivity index (χ3n) is 5.07. The number of carbonyl (C=O) groups is 1. The number of nitrogens with one attached hydrogen (secondary N) is 1. The third kappa shape index (κ3) is 3.09. The van der Waals surface area contributed by atoms with Crippen LogP contribution in [0.1, 0.15) is 15.4 Å². The second kappa shape index (κ2) is 6.63. The second-order valence-corrected chi connectivity index (χ2v) is 7.70. The maximum absolute atomic E-state index is 12.4. The average molecular weight is 343 g/mol. The number of hydrogen-bond acceptors (Lipinski definition) is 5. The zero-order valence-corrected chi connectivity index (χ0v) is 14.3. The number of fused-ring (bicyclic) bond motifs is 1. The van der Waals surface area contributed by atoms with Crippen molar-refractivity contribution in [3.8, 4) is 0 Å². The van der Waals surface area contributed by atoms with Crippen LogP contribution in [0.25, 0.3) is 0 Å². The highest BCUT2D eigenvalue weighted by atomic mass is 32.1. The third-order valence-corrected chi connectivity index (χ3v) is 5.84. The first-order valence-corrected chi connectivity index (χ1v) is 9.15. The van der Waals surface area contributed by atoms with E-state index < -0.39 is 0 Å². The summed E-state index contributed by atoms with van der Waals surface area (Å²) >= 11 is 1.70. The Hall–Kier alpha value is -1.76. The topological polar surface area (TPSA) is 54.5 Å². The molecule has 24 heavy (non-hydrogen) atoms. The van der Waals surface area contributed by atoms with Gasteiger partial charge in [-0.25, -0.2) is 4.98 Å². The second-order valence-electron chi connectivity index (χ2n) is 6.72. The van der Waals surface area contributed by atoms with Crippen LogP contribution in [0.4, 0.5) is 0 Å². The van der Waals surface area contributed by atoms with Crippen molar-refractivity contribution in [2.75, 3.05) is 32.8 Å². The van der Waals surface area contributed by atoms with Crippen molar-refractivity contribution >= 4 is 17.2 Å². The predicted molar refractivity (Wildman–Crippen MR) is 92.9 cm³/mol. The number of benzene rings is 1. The highest BCUT2D eigenvalue weighted by molar-refractivity contribution is 7.09. The monoisotopic (exact) mass is 343 g/mol. The summed E-state index contributed by atoms with van der Waals surface area (Å²) in [6.07, 6.45) is 1.86. The molecule has 0 aliphatic carbocycles.